The molecule has 0 N–H and O–H groups in total. The number of aryl methyl sites for hydroxylation is 1. The topological polar surface area (TPSA) is 50.5 Å². The van der Waals surface area contributed by atoms with Crippen LogP contribution in [0.25, 0.3) is 11.0 Å². The van der Waals surface area contributed by atoms with Gasteiger partial charge in [-0.2, -0.15) is 0 Å². The Hall–Kier alpha value is -2.88. The molecule has 1 heterocycles. The number of hydrogen-bond donors (Lipinski definition) is 0. The second-order valence-corrected chi connectivity index (χ2v) is 5.66. The fourth-order valence-corrected chi connectivity index (χ4v) is 2.62. The molecule has 3 aromatic rings. The molecule has 0 aliphatic heterocycles. The molecule has 0 fully saturated rings. The van der Waals surface area contributed by atoms with Crippen LogP contribution in [0.4, 0.5) is 5.69 Å². The van der Waals surface area contributed by atoms with E-state index in [1.165, 1.54) is 0 Å². The Balaban J connectivity index is 2.21. The minimum atomic E-state index is -0.597. The van der Waals surface area contributed by atoms with Gasteiger partial charge >= 0.3 is 5.63 Å². The van der Waals surface area contributed by atoms with Gasteiger partial charge in [0.15, 0.2) is 0 Å². The lowest BCUT2D eigenvalue weighted by Crippen LogP contribution is -2.17. The molecule has 0 aliphatic rings. The van der Waals surface area contributed by atoms with Gasteiger partial charge in [-0.15, -0.1) is 0 Å². The Morgan fingerprint density at radius 3 is 2.39 bits per heavy atom. The molecular formula is C19H17NO3. The summed E-state index contributed by atoms with van der Waals surface area (Å²) < 4.78 is 5.40. The number of benzene rings is 2. The molecule has 0 radical (unpaired) electrons. The highest BCUT2D eigenvalue weighted by Crippen LogP contribution is 2.25. The van der Waals surface area contributed by atoms with E-state index in [1.54, 1.807) is 37.3 Å². The number of rotatable bonds is 3. The second-order valence-electron chi connectivity index (χ2n) is 5.66. The number of nitrogens with zero attached hydrogens (tertiary/aromatic N) is 1. The van der Waals surface area contributed by atoms with Crippen LogP contribution >= 0.6 is 0 Å². The lowest BCUT2D eigenvalue weighted by atomic mass is 9.98. The van der Waals surface area contributed by atoms with E-state index in [1.807, 2.05) is 37.2 Å². The third-order valence-electron chi connectivity index (χ3n) is 3.93. The van der Waals surface area contributed by atoms with Crippen LogP contribution in [0.15, 0.2) is 57.7 Å². The molecule has 0 spiro atoms. The number of hydrogen-bond acceptors (Lipinski definition) is 4. The largest absolute Gasteiger partial charge is 0.422 e. The van der Waals surface area contributed by atoms with Crippen LogP contribution in [0, 0.1) is 6.92 Å². The van der Waals surface area contributed by atoms with Crippen LogP contribution in [0.1, 0.15) is 21.5 Å². The summed E-state index contributed by atoms with van der Waals surface area (Å²) in [5.74, 6) is -0.310. The van der Waals surface area contributed by atoms with Gasteiger partial charge in [-0.25, -0.2) is 4.79 Å². The Bertz CT molecular complexity index is 940. The molecule has 0 saturated carbocycles. The van der Waals surface area contributed by atoms with E-state index in [4.69, 9.17) is 4.42 Å². The molecule has 0 atom stereocenters. The summed E-state index contributed by atoms with van der Waals surface area (Å²) in [6, 6.07) is 14.4. The number of ketones is 1. The summed E-state index contributed by atoms with van der Waals surface area (Å²) in [4.78, 5) is 26.9. The average molecular weight is 307 g/mol. The maximum atomic E-state index is 12.6. The van der Waals surface area contributed by atoms with Crippen molar-refractivity contribution in [1.82, 2.24) is 0 Å². The smallest absolute Gasteiger partial charge is 0.347 e. The third kappa shape index (κ3) is 2.63. The highest BCUT2D eigenvalue weighted by molar-refractivity contribution is 6.11. The summed E-state index contributed by atoms with van der Waals surface area (Å²) in [5, 5.41) is 0.773. The second kappa shape index (κ2) is 5.72. The van der Waals surface area contributed by atoms with E-state index in [0.29, 0.717) is 16.7 Å². The fourth-order valence-electron chi connectivity index (χ4n) is 2.62. The predicted octanol–water partition coefficient (Wildman–Crippen LogP) is 3.40. The van der Waals surface area contributed by atoms with Gasteiger partial charge in [-0.05, 0) is 24.6 Å². The molecule has 0 unspecified atom stereocenters. The molecule has 0 bridgehead atoms. The number of carbonyl (C=O) groups is 1. The first-order chi connectivity index (χ1) is 11.0. The summed E-state index contributed by atoms with van der Waals surface area (Å²) in [5.41, 5.74) is 2.05. The standard InChI is InChI=1S/C19H17NO3/c1-12-15-10-9-14(20(2)3)11-16(15)23-19(22)17(12)18(21)13-7-5-4-6-8-13/h4-11H,1-3H3. The van der Waals surface area contributed by atoms with Gasteiger partial charge < -0.3 is 9.32 Å². The van der Waals surface area contributed by atoms with Crippen molar-refractivity contribution in [2.45, 2.75) is 6.92 Å². The van der Waals surface area contributed by atoms with E-state index >= 15 is 0 Å². The maximum Gasteiger partial charge on any atom is 0.347 e. The van der Waals surface area contributed by atoms with Crippen molar-refractivity contribution in [3.05, 3.63) is 75.6 Å². The zero-order chi connectivity index (χ0) is 16.6. The maximum absolute atomic E-state index is 12.6. The highest BCUT2D eigenvalue weighted by Gasteiger charge is 2.20. The van der Waals surface area contributed by atoms with Crippen molar-refractivity contribution >= 4 is 22.4 Å². The van der Waals surface area contributed by atoms with E-state index in [0.717, 1.165) is 11.1 Å². The van der Waals surface area contributed by atoms with Crippen molar-refractivity contribution in [3.8, 4) is 0 Å². The van der Waals surface area contributed by atoms with Gasteiger partial charge in [0.25, 0.3) is 0 Å². The van der Waals surface area contributed by atoms with Gasteiger partial charge in [-0.1, -0.05) is 30.3 Å². The van der Waals surface area contributed by atoms with Crippen LogP contribution in [-0.2, 0) is 0 Å². The fraction of sp³-hybridized carbons (Fsp3) is 0.158. The highest BCUT2D eigenvalue weighted by atomic mass is 16.4. The summed E-state index contributed by atoms with van der Waals surface area (Å²) in [6.45, 7) is 1.78. The summed E-state index contributed by atoms with van der Waals surface area (Å²) in [6.07, 6.45) is 0. The normalized spacial score (nSPS) is 10.7. The van der Waals surface area contributed by atoms with E-state index in [-0.39, 0.29) is 11.3 Å². The van der Waals surface area contributed by atoms with E-state index in [9.17, 15) is 9.59 Å². The Labute approximate surface area is 134 Å². The zero-order valence-electron chi connectivity index (χ0n) is 13.3. The van der Waals surface area contributed by atoms with Crippen molar-refractivity contribution in [1.29, 1.82) is 0 Å². The van der Waals surface area contributed by atoms with Crippen molar-refractivity contribution in [3.63, 3.8) is 0 Å². The number of fused-ring (bicyclic) bond motifs is 1. The summed E-state index contributed by atoms with van der Waals surface area (Å²) >= 11 is 0. The first kappa shape index (κ1) is 15.0. The summed E-state index contributed by atoms with van der Waals surface area (Å²) in [7, 11) is 3.83. The molecule has 23 heavy (non-hydrogen) atoms. The molecule has 0 aliphatic carbocycles. The molecule has 1 aromatic heterocycles. The number of carbonyl (C=O) groups excluding carboxylic acids is 1. The molecule has 3 rings (SSSR count). The number of anilines is 1. The average Bonchev–Trinajstić information content (AvgIpc) is 2.55. The first-order valence-corrected chi connectivity index (χ1v) is 7.33. The predicted molar refractivity (Wildman–Crippen MR) is 91.4 cm³/mol. The minimum absolute atomic E-state index is 0.0984. The van der Waals surface area contributed by atoms with Gasteiger partial charge in [0.1, 0.15) is 11.1 Å². The van der Waals surface area contributed by atoms with Crippen LogP contribution in [0.3, 0.4) is 0 Å². The molecule has 2 aromatic carbocycles. The molecule has 4 nitrogen and oxygen atoms in total. The van der Waals surface area contributed by atoms with Crippen LogP contribution in [-0.4, -0.2) is 19.9 Å². The lowest BCUT2D eigenvalue weighted by molar-refractivity contribution is 0.103. The van der Waals surface area contributed by atoms with Gasteiger partial charge in [0, 0.05) is 36.8 Å². The van der Waals surface area contributed by atoms with Gasteiger partial charge in [-0.3, -0.25) is 4.79 Å². The molecular weight excluding hydrogens is 290 g/mol. The Morgan fingerprint density at radius 2 is 1.74 bits per heavy atom. The van der Waals surface area contributed by atoms with Crippen LogP contribution in [0.5, 0.6) is 0 Å². The molecule has 4 heteroatoms. The SMILES string of the molecule is Cc1c(C(=O)c2ccccc2)c(=O)oc2cc(N(C)C)ccc12. The van der Waals surface area contributed by atoms with Crippen molar-refractivity contribution in [2.75, 3.05) is 19.0 Å². The molecule has 0 saturated heterocycles. The lowest BCUT2D eigenvalue weighted by Gasteiger charge is -2.13. The Morgan fingerprint density at radius 1 is 1.04 bits per heavy atom. The van der Waals surface area contributed by atoms with E-state index in [2.05, 4.69) is 0 Å². The van der Waals surface area contributed by atoms with Crippen molar-refractivity contribution < 1.29 is 9.21 Å². The van der Waals surface area contributed by atoms with Crippen molar-refractivity contribution in [2.24, 2.45) is 0 Å². The first-order valence-electron chi connectivity index (χ1n) is 7.33. The third-order valence-corrected chi connectivity index (χ3v) is 3.93. The quantitative estimate of drug-likeness (QED) is 0.550. The zero-order valence-corrected chi connectivity index (χ0v) is 13.3. The van der Waals surface area contributed by atoms with Gasteiger partial charge in [0.05, 0.1) is 0 Å². The molecule has 116 valence electrons. The van der Waals surface area contributed by atoms with E-state index < -0.39 is 5.63 Å². The van der Waals surface area contributed by atoms with Gasteiger partial charge in [0.2, 0.25) is 5.78 Å². The monoisotopic (exact) mass is 307 g/mol. The van der Waals surface area contributed by atoms with Crippen LogP contribution in [0.2, 0.25) is 0 Å². The Kier molecular flexibility index (Phi) is 3.74. The minimum Gasteiger partial charge on any atom is -0.422 e. The molecule has 0 amide bonds. The van der Waals surface area contributed by atoms with Crippen LogP contribution < -0.4 is 10.5 Å².